The van der Waals surface area contributed by atoms with E-state index in [0.717, 1.165) is 44.4 Å². The number of guanidine groups is 1. The van der Waals surface area contributed by atoms with Gasteiger partial charge in [0.25, 0.3) is 0 Å². The number of rotatable bonds is 8. The van der Waals surface area contributed by atoms with Crippen molar-refractivity contribution in [1.82, 2.24) is 20.4 Å². The number of nitrogens with zero attached hydrogens (tertiary/aromatic N) is 3. The molecule has 29 heavy (non-hydrogen) atoms. The first-order chi connectivity index (χ1) is 13.5. The lowest BCUT2D eigenvalue weighted by Gasteiger charge is -2.36. The highest BCUT2D eigenvalue weighted by Gasteiger charge is 2.21. The van der Waals surface area contributed by atoms with E-state index in [-0.39, 0.29) is 42.0 Å². The van der Waals surface area contributed by atoms with Crippen molar-refractivity contribution < 1.29 is 9.53 Å². The molecular weight excluding hydrogens is 481 g/mol. The molecule has 1 heterocycles. The largest absolute Gasteiger partial charge is 0.489 e. The molecule has 0 saturated carbocycles. The molecule has 7 nitrogen and oxygen atoms in total. The van der Waals surface area contributed by atoms with E-state index in [4.69, 9.17) is 9.73 Å². The van der Waals surface area contributed by atoms with Gasteiger partial charge in [-0.05, 0) is 39.8 Å². The summed E-state index contributed by atoms with van der Waals surface area (Å²) in [4.78, 5) is 21.2. The Kier molecular flexibility index (Phi) is 12.0. The van der Waals surface area contributed by atoms with Crippen LogP contribution in [0.25, 0.3) is 0 Å². The van der Waals surface area contributed by atoms with Gasteiger partial charge in [0.15, 0.2) is 5.96 Å². The summed E-state index contributed by atoms with van der Waals surface area (Å²) in [6, 6.07) is 10.0. The van der Waals surface area contributed by atoms with Crippen molar-refractivity contribution in [3.05, 3.63) is 30.3 Å². The Balaban J connectivity index is 0.00000420. The first-order valence-electron chi connectivity index (χ1n) is 10.2. The number of piperazine rings is 1. The van der Waals surface area contributed by atoms with Crippen LogP contribution in [0.3, 0.4) is 0 Å². The number of hydrogen-bond acceptors (Lipinski definition) is 4. The molecule has 0 aromatic heterocycles. The van der Waals surface area contributed by atoms with E-state index >= 15 is 0 Å². The zero-order chi connectivity index (χ0) is 20.4. The number of halogens is 1. The molecule has 1 saturated heterocycles. The highest BCUT2D eigenvalue weighted by atomic mass is 127. The van der Waals surface area contributed by atoms with E-state index in [1.807, 2.05) is 51.1 Å². The Labute approximate surface area is 192 Å². The number of carbonyl (C=O) groups is 1. The van der Waals surface area contributed by atoms with Gasteiger partial charge >= 0.3 is 0 Å². The summed E-state index contributed by atoms with van der Waals surface area (Å²) in [5.41, 5.74) is 0. The van der Waals surface area contributed by atoms with Crippen molar-refractivity contribution >= 4 is 35.8 Å². The molecule has 1 aliphatic rings. The molecule has 0 bridgehead atoms. The van der Waals surface area contributed by atoms with Crippen molar-refractivity contribution in [3.63, 3.8) is 0 Å². The lowest BCUT2D eigenvalue weighted by atomic mass is 10.3. The van der Waals surface area contributed by atoms with E-state index in [2.05, 4.69) is 27.4 Å². The third kappa shape index (κ3) is 9.66. The molecule has 2 N–H and O–H groups in total. The fourth-order valence-electron chi connectivity index (χ4n) is 3.10. The molecule has 1 atom stereocenters. The molecule has 0 radical (unpaired) electrons. The molecule has 0 spiro atoms. The van der Waals surface area contributed by atoms with Crippen LogP contribution in [0.4, 0.5) is 0 Å². The molecule has 1 unspecified atom stereocenters. The van der Waals surface area contributed by atoms with Crippen LogP contribution in [0.1, 0.15) is 27.7 Å². The number of para-hydroxylation sites is 1. The second-order valence-corrected chi connectivity index (χ2v) is 7.42. The van der Waals surface area contributed by atoms with Gasteiger partial charge < -0.3 is 20.3 Å². The molecule has 1 fully saturated rings. The van der Waals surface area contributed by atoms with Crippen LogP contribution >= 0.6 is 24.0 Å². The molecule has 1 aliphatic heterocycles. The van der Waals surface area contributed by atoms with Gasteiger partial charge in [0.2, 0.25) is 5.91 Å². The predicted molar refractivity (Wildman–Crippen MR) is 129 cm³/mol. The first kappa shape index (κ1) is 25.5. The van der Waals surface area contributed by atoms with Crippen LogP contribution in [-0.2, 0) is 4.79 Å². The quantitative estimate of drug-likeness (QED) is 0.315. The summed E-state index contributed by atoms with van der Waals surface area (Å²) in [6.45, 7) is 13.4. The highest BCUT2D eigenvalue weighted by Crippen LogP contribution is 2.11. The van der Waals surface area contributed by atoms with Gasteiger partial charge in [0.1, 0.15) is 11.9 Å². The maximum Gasteiger partial charge on any atom is 0.234 e. The van der Waals surface area contributed by atoms with Crippen LogP contribution in [0.2, 0.25) is 0 Å². The van der Waals surface area contributed by atoms with E-state index in [0.29, 0.717) is 13.1 Å². The van der Waals surface area contributed by atoms with Gasteiger partial charge in [-0.1, -0.05) is 18.2 Å². The van der Waals surface area contributed by atoms with Gasteiger partial charge in [-0.25, -0.2) is 4.99 Å². The topological polar surface area (TPSA) is 69.2 Å². The van der Waals surface area contributed by atoms with Gasteiger partial charge in [-0.2, -0.15) is 0 Å². The lowest BCUT2D eigenvalue weighted by molar-refractivity contribution is -0.123. The fourth-order valence-corrected chi connectivity index (χ4v) is 3.10. The minimum atomic E-state index is -0.00271. The van der Waals surface area contributed by atoms with E-state index < -0.39 is 0 Å². The zero-order valence-corrected chi connectivity index (χ0v) is 20.4. The maximum atomic E-state index is 12.0. The second-order valence-electron chi connectivity index (χ2n) is 7.42. The molecule has 1 aromatic rings. The van der Waals surface area contributed by atoms with Crippen molar-refractivity contribution in [3.8, 4) is 5.75 Å². The smallest absolute Gasteiger partial charge is 0.234 e. The van der Waals surface area contributed by atoms with Crippen LogP contribution < -0.4 is 15.4 Å². The third-order valence-corrected chi connectivity index (χ3v) is 4.40. The standard InChI is InChI=1S/C21H35N5O2.HI/c1-5-22-21(23-15-18(4)28-19-9-7-6-8-10-19)26-13-11-25(12-14-26)16-20(27)24-17(2)3;/h6-10,17-18H,5,11-16H2,1-4H3,(H,22,23)(H,24,27);1H. The Morgan fingerprint density at radius 1 is 1.14 bits per heavy atom. The number of benzene rings is 1. The summed E-state index contributed by atoms with van der Waals surface area (Å²) in [5, 5.41) is 6.33. The van der Waals surface area contributed by atoms with Gasteiger partial charge in [-0.15, -0.1) is 24.0 Å². The van der Waals surface area contributed by atoms with Gasteiger partial charge in [0.05, 0.1) is 13.1 Å². The van der Waals surface area contributed by atoms with Crippen molar-refractivity contribution in [2.24, 2.45) is 4.99 Å². The molecular formula is C21H36IN5O2. The fraction of sp³-hybridized carbons (Fsp3) is 0.619. The molecule has 1 aromatic carbocycles. The number of amides is 1. The molecule has 1 amide bonds. The first-order valence-corrected chi connectivity index (χ1v) is 10.2. The molecule has 0 aliphatic carbocycles. The normalized spacial score (nSPS) is 16.2. The van der Waals surface area contributed by atoms with Crippen molar-refractivity contribution in [2.45, 2.75) is 39.8 Å². The van der Waals surface area contributed by atoms with E-state index in [9.17, 15) is 4.79 Å². The van der Waals surface area contributed by atoms with Crippen LogP contribution in [0, 0.1) is 0 Å². The van der Waals surface area contributed by atoms with Gasteiger partial charge in [0, 0.05) is 38.8 Å². The summed E-state index contributed by atoms with van der Waals surface area (Å²) in [5.74, 6) is 1.87. The SMILES string of the molecule is CCNC(=NCC(C)Oc1ccccc1)N1CCN(CC(=O)NC(C)C)CC1.I. The van der Waals surface area contributed by atoms with E-state index in [1.165, 1.54) is 0 Å². The van der Waals surface area contributed by atoms with E-state index in [1.54, 1.807) is 0 Å². The Hall–Kier alpha value is -1.55. The molecule has 164 valence electrons. The Morgan fingerprint density at radius 2 is 1.79 bits per heavy atom. The Morgan fingerprint density at radius 3 is 2.38 bits per heavy atom. The number of hydrogen-bond donors (Lipinski definition) is 2. The third-order valence-electron chi connectivity index (χ3n) is 4.40. The number of aliphatic imine (C=N–C) groups is 1. The summed E-state index contributed by atoms with van der Waals surface area (Å²) in [7, 11) is 0. The second kappa shape index (κ2) is 13.6. The zero-order valence-electron chi connectivity index (χ0n) is 18.1. The van der Waals surface area contributed by atoms with Crippen LogP contribution in [0.15, 0.2) is 35.3 Å². The predicted octanol–water partition coefficient (Wildman–Crippen LogP) is 2.18. The van der Waals surface area contributed by atoms with Crippen molar-refractivity contribution in [1.29, 1.82) is 0 Å². The van der Waals surface area contributed by atoms with Crippen LogP contribution in [0.5, 0.6) is 5.75 Å². The summed E-state index contributed by atoms with van der Waals surface area (Å²) in [6.07, 6.45) is -0.00271. The monoisotopic (exact) mass is 517 g/mol. The molecule has 2 rings (SSSR count). The molecule has 8 heteroatoms. The maximum absolute atomic E-state index is 12.0. The van der Waals surface area contributed by atoms with Crippen LogP contribution in [-0.4, -0.2) is 79.6 Å². The Bertz CT molecular complexity index is 619. The highest BCUT2D eigenvalue weighted by molar-refractivity contribution is 14.0. The average Bonchev–Trinajstić information content (AvgIpc) is 2.66. The minimum Gasteiger partial charge on any atom is -0.489 e. The number of carbonyl (C=O) groups excluding carboxylic acids is 1. The van der Waals surface area contributed by atoms with Crippen molar-refractivity contribution in [2.75, 3.05) is 45.8 Å². The number of nitrogens with one attached hydrogen (secondary N) is 2. The average molecular weight is 517 g/mol. The minimum absolute atomic E-state index is 0. The summed E-state index contributed by atoms with van der Waals surface area (Å²) >= 11 is 0. The lowest BCUT2D eigenvalue weighted by Crippen LogP contribution is -2.54. The summed E-state index contributed by atoms with van der Waals surface area (Å²) < 4.78 is 5.92. The van der Waals surface area contributed by atoms with Gasteiger partial charge in [-0.3, -0.25) is 9.69 Å². The number of ether oxygens (including phenoxy) is 1.